The fourth-order valence-corrected chi connectivity index (χ4v) is 6.27. The molecule has 1 amide bonds. The van der Waals surface area contributed by atoms with Crippen LogP contribution >= 0.6 is 11.6 Å². The Morgan fingerprint density at radius 1 is 0.925 bits per heavy atom. The summed E-state index contributed by atoms with van der Waals surface area (Å²) in [5.74, 6) is -0.245. The molecule has 4 aromatic carbocycles. The van der Waals surface area contributed by atoms with E-state index in [1.807, 2.05) is 31.2 Å². The van der Waals surface area contributed by atoms with Crippen molar-refractivity contribution in [3.63, 3.8) is 0 Å². The van der Waals surface area contributed by atoms with Gasteiger partial charge in [0.05, 0.1) is 30.3 Å². The first-order chi connectivity index (χ1) is 19.3. The van der Waals surface area contributed by atoms with Gasteiger partial charge in [-0.3, -0.25) is 9.10 Å². The zero-order valence-corrected chi connectivity index (χ0v) is 23.7. The highest BCUT2D eigenvalue weighted by Crippen LogP contribution is 2.31. The molecule has 7 nitrogen and oxygen atoms in total. The molecule has 0 aromatic heterocycles. The van der Waals surface area contributed by atoms with Crippen LogP contribution in [0.1, 0.15) is 21.5 Å². The third-order valence-corrected chi connectivity index (χ3v) is 8.82. The van der Waals surface area contributed by atoms with Crippen molar-refractivity contribution in [2.75, 3.05) is 40.8 Å². The molecule has 0 radical (unpaired) electrons. The van der Waals surface area contributed by atoms with Crippen LogP contribution in [0.15, 0.2) is 102 Å². The summed E-state index contributed by atoms with van der Waals surface area (Å²) in [6.45, 7) is 5.04. The third kappa shape index (κ3) is 6.31. The Balaban J connectivity index is 1.33. The first-order valence-electron chi connectivity index (χ1n) is 13.0. The van der Waals surface area contributed by atoms with Gasteiger partial charge in [-0.25, -0.2) is 8.42 Å². The van der Waals surface area contributed by atoms with Crippen molar-refractivity contribution in [2.24, 2.45) is 0 Å². The molecule has 1 aliphatic rings. The Bertz CT molecular complexity index is 1570. The van der Waals surface area contributed by atoms with E-state index in [0.29, 0.717) is 35.2 Å². The van der Waals surface area contributed by atoms with E-state index < -0.39 is 10.0 Å². The molecule has 1 heterocycles. The molecule has 1 aliphatic heterocycles. The SMILES string of the molecule is Cc1ccc(Cl)cc1N(Cc1ccc(C(=O)Nc2ccc(N3CCOCC3)cc2)cc1)S(=O)(=O)c1ccccc1. The van der Waals surface area contributed by atoms with Crippen molar-refractivity contribution >= 4 is 44.6 Å². The maximum absolute atomic E-state index is 13.7. The third-order valence-electron chi connectivity index (χ3n) is 6.81. The summed E-state index contributed by atoms with van der Waals surface area (Å²) in [4.78, 5) is 15.4. The van der Waals surface area contributed by atoms with Gasteiger partial charge in [0.2, 0.25) is 0 Å². The number of nitrogens with one attached hydrogen (secondary N) is 1. The molecule has 0 aliphatic carbocycles. The van der Waals surface area contributed by atoms with E-state index in [2.05, 4.69) is 10.2 Å². The zero-order chi connectivity index (χ0) is 28.1. The molecule has 0 saturated carbocycles. The molecular weight excluding hydrogens is 546 g/mol. The Morgan fingerprint density at radius 3 is 2.27 bits per heavy atom. The number of carbonyl (C=O) groups is 1. The summed E-state index contributed by atoms with van der Waals surface area (Å²) in [5.41, 5.74) is 4.26. The Labute approximate surface area is 240 Å². The van der Waals surface area contributed by atoms with Gasteiger partial charge in [-0.05, 0) is 78.7 Å². The molecule has 4 aromatic rings. The fourth-order valence-electron chi connectivity index (χ4n) is 4.58. The van der Waals surface area contributed by atoms with E-state index in [4.69, 9.17) is 16.3 Å². The van der Waals surface area contributed by atoms with Gasteiger partial charge in [-0.2, -0.15) is 0 Å². The summed E-state index contributed by atoms with van der Waals surface area (Å²) in [6.07, 6.45) is 0. The van der Waals surface area contributed by atoms with E-state index in [-0.39, 0.29) is 17.3 Å². The van der Waals surface area contributed by atoms with Crippen LogP contribution in [-0.2, 0) is 21.3 Å². The minimum Gasteiger partial charge on any atom is -0.378 e. The Hall–Kier alpha value is -3.85. The van der Waals surface area contributed by atoms with E-state index in [1.165, 1.54) is 4.31 Å². The first kappa shape index (κ1) is 27.7. The van der Waals surface area contributed by atoms with Crippen LogP contribution in [0.2, 0.25) is 5.02 Å². The highest BCUT2D eigenvalue weighted by Gasteiger charge is 2.26. The van der Waals surface area contributed by atoms with Gasteiger partial charge in [0.1, 0.15) is 0 Å². The number of nitrogens with zero attached hydrogens (tertiary/aromatic N) is 2. The van der Waals surface area contributed by atoms with Crippen molar-refractivity contribution in [3.8, 4) is 0 Å². The average Bonchev–Trinajstić information content (AvgIpc) is 2.99. The van der Waals surface area contributed by atoms with Gasteiger partial charge >= 0.3 is 0 Å². The van der Waals surface area contributed by atoms with E-state index in [9.17, 15) is 13.2 Å². The number of hydrogen-bond donors (Lipinski definition) is 1. The lowest BCUT2D eigenvalue weighted by Gasteiger charge is -2.28. The van der Waals surface area contributed by atoms with Crippen LogP contribution in [0.4, 0.5) is 17.1 Å². The summed E-state index contributed by atoms with van der Waals surface area (Å²) in [5, 5.41) is 3.37. The largest absolute Gasteiger partial charge is 0.378 e. The normalized spacial score (nSPS) is 13.6. The number of benzene rings is 4. The van der Waals surface area contributed by atoms with Gasteiger partial charge in [0.25, 0.3) is 15.9 Å². The predicted octanol–water partition coefficient (Wildman–Crippen LogP) is 6.13. The maximum Gasteiger partial charge on any atom is 0.264 e. The van der Waals surface area contributed by atoms with Crippen molar-refractivity contribution in [1.29, 1.82) is 0 Å². The number of aryl methyl sites for hydroxylation is 1. The number of sulfonamides is 1. The highest BCUT2D eigenvalue weighted by atomic mass is 35.5. The lowest BCUT2D eigenvalue weighted by Crippen LogP contribution is -2.36. The second kappa shape index (κ2) is 12.1. The van der Waals surface area contributed by atoms with Crippen LogP contribution < -0.4 is 14.5 Å². The monoisotopic (exact) mass is 575 g/mol. The molecule has 9 heteroatoms. The van der Waals surface area contributed by atoms with Crippen LogP contribution in [0.25, 0.3) is 0 Å². The summed E-state index contributed by atoms with van der Waals surface area (Å²) >= 11 is 6.26. The lowest BCUT2D eigenvalue weighted by atomic mass is 10.1. The zero-order valence-electron chi connectivity index (χ0n) is 22.1. The summed E-state index contributed by atoms with van der Waals surface area (Å²) in [7, 11) is -3.89. The van der Waals surface area contributed by atoms with E-state index >= 15 is 0 Å². The van der Waals surface area contributed by atoms with Crippen molar-refractivity contribution in [3.05, 3.63) is 119 Å². The molecule has 40 heavy (non-hydrogen) atoms. The molecule has 1 N–H and O–H groups in total. The number of halogens is 1. The molecule has 0 unspecified atom stereocenters. The van der Waals surface area contributed by atoms with Gasteiger partial charge in [0.15, 0.2) is 0 Å². The molecule has 1 fully saturated rings. The summed E-state index contributed by atoms with van der Waals surface area (Å²) < 4.78 is 34.2. The first-order valence-corrected chi connectivity index (χ1v) is 14.8. The van der Waals surface area contributed by atoms with Crippen molar-refractivity contribution < 1.29 is 17.9 Å². The van der Waals surface area contributed by atoms with Crippen molar-refractivity contribution in [1.82, 2.24) is 0 Å². The molecule has 1 saturated heterocycles. The van der Waals surface area contributed by atoms with Crippen LogP contribution in [-0.4, -0.2) is 40.6 Å². The molecule has 0 atom stereocenters. The molecular formula is C31H30ClN3O4S. The lowest BCUT2D eigenvalue weighted by molar-refractivity contribution is 0.102. The number of morpholine rings is 1. The van der Waals surface area contributed by atoms with Gasteiger partial charge < -0.3 is 15.0 Å². The standard InChI is InChI=1S/C31H30ClN3O4S/c1-23-7-12-26(32)21-30(23)35(40(37,38)29-5-3-2-4-6-29)22-24-8-10-25(11-9-24)31(36)33-27-13-15-28(16-14-27)34-17-19-39-20-18-34/h2-16,21H,17-20,22H2,1H3,(H,33,36). The highest BCUT2D eigenvalue weighted by molar-refractivity contribution is 7.92. The van der Waals surface area contributed by atoms with Gasteiger partial charge in [-0.1, -0.05) is 48.0 Å². The maximum atomic E-state index is 13.7. The fraction of sp³-hybridized carbons (Fsp3) is 0.194. The smallest absolute Gasteiger partial charge is 0.264 e. The molecule has 206 valence electrons. The Morgan fingerprint density at radius 2 is 1.60 bits per heavy atom. The second-order valence-corrected chi connectivity index (χ2v) is 11.9. The minimum atomic E-state index is -3.89. The van der Waals surface area contributed by atoms with Crippen LogP contribution in [0.5, 0.6) is 0 Å². The predicted molar refractivity (Wildman–Crippen MR) is 160 cm³/mol. The molecule has 0 spiro atoms. The average molecular weight is 576 g/mol. The van der Waals surface area contributed by atoms with Crippen molar-refractivity contribution in [2.45, 2.75) is 18.4 Å². The Kier molecular flexibility index (Phi) is 8.40. The van der Waals surface area contributed by atoms with Crippen LogP contribution in [0, 0.1) is 6.92 Å². The summed E-state index contributed by atoms with van der Waals surface area (Å²) in [6, 6.07) is 28.2. The number of carbonyl (C=O) groups excluding carboxylic acids is 1. The number of rotatable bonds is 8. The minimum absolute atomic E-state index is 0.0727. The van der Waals surface area contributed by atoms with Crippen LogP contribution in [0.3, 0.4) is 0 Å². The quantitative estimate of drug-likeness (QED) is 0.273. The van der Waals surface area contributed by atoms with Gasteiger partial charge in [0, 0.05) is 35.1 Å². The molecule has 5 rings (SSSR count). The van der Waals surface area contributed by atoms with E-state index in [0.717, 1.165) is 29.9 Å². The second-order valence-electron chi connectivity index (χ2n) is 9.55. The number of anilines is 3. The number of amides is 1. The van der Waals surface area contributed by atoms with E-state index in [1.54, 1.807) is 72.8 Å². The number of hydrogen-bond acceptors (Lipinski definition) is 5. The topological polar surface area (TPSA) is 79.0 Å². The van der Waals surface area contributed by atoms with Gasteiger partial charge in [-0.15, -0.1) is 0 Å². The number of ether oxygens (including phenoxy) is 1. The molecule has 0 bridgehead atoms.